The number of nitrogens with zero attached hydrogens (tertiary/aromatic N) is 1. The Morgan fingerprint density at radius 3 is 2.67 bits per heavy atom. The fourth-order valence-electron chi connectivity index (χ4n) is 1.98. The number of H-pyrrole nitrogens is 1. The normalized spacial score (nSPS) is 10.3. The number of aromatic amines is 1. The molecule has 21 heavy (non-hydrogen) atoms. The van der Waals surface area contributed by atoms with Crippen LogP contribution >= 0.6 is 0 Å². The fraction of sp³-hybridized carbons (Fsp3) is 0. The van der Waals surface area contributed by atoms with E-state index in [-0.39, 0.29) is 11.7 Å². The molecule has 3 rings (SSSR count). The molecular formula is C16H13N3O2. The highest BCUT2D eigenvalue weighted by Gasteiger charge is 2.07. The summed E-state index contributed by atoms with van der Waals surface area (Å²) in [5.74, 6) is 0.647. The molecular weight excluding hydrogens is 266 g/mol. The number of phenols is 1. The number of hydrogen-bond donors (Lipinski definition) is 3. The number of amides is 1. The second-order valence-corrected chi connectivity index (χ2v) is 4.52. The zero-order chi connectivity index (χ0) is 14.7. The summed E-state index contributed by atoms with van der Waals surface area (Å²) in [4.78, 5) is 19.3. The van der Waals surface area contributed by atoms with E-state index < -0.39 is 0 Å². The van der Waals surface area contributed by atoms with Crippen LogP contribution in [0.5, 0.6) is 5.75 Å². The van der Waals surface area contributed by atoms with Gasteiger partial charge in [0.15, 0.2) is 0 Å². The van der Waals surface area contributed by atoms with Crippen molar-refractivity contribution in [2.45, 2.75) is 0 Å². The molecule has 0 radical (unpaired) electrons. The first kappa shape index (κ1) is 12.9. The van der Waals surface area contributed by atoms with E-state index in [9.17, 15) is 9.90 Å². The summed E-state index contributed by atoms with van der Waals surface area (Å²) in [6.07, 6.45) is 3.42. The fourth-order valence-corrected chi connectivity index (χ4v) is 1.98. The Balaban J connectivity index is 1.80. The molecule has 0 aliphatic heterocycles. The molecule has 3 aromatic rings. The average Bonchev–Trinajstić information content (AvgIpc) is 3.02. The average molecular weight is 279 g/mol. The molecule has 5 nitrogen and oxygen atoms in total. The van der Waals surface area contributed by atoms with Gasteiger partial charge in [0.2, 0.25) is 0 Å². The number of imidazole rings is 1. The summed E-state index contributed by atoms with van der Waals surface area (Å²) in [5.41, 5.74) is 2.06. The van der Waals surface area contributed by atoms with E-state index in [0.29, 0.717) is 11.3 Å². The summed E-state index contributed by atoms with van der Waals surface area (Å²) in [6.45, 7) is 0. The van der Waals surface area contributed by atoms with Crippen molar-refractivity contribution in [3.8, 4) is 17.1 Å². The first-order chi connectivity index (χ1) is 10.2. The lowest BCUT2D eigenvalue weighted by molar-refractivity contribution is 0.102. The predicted octanol–water partition coefficient (Wildman–Crippen LogP) is 3.03. The van der Waals surface area contributed by atoms with E-state index in [1.165, 1.54) is 12.1 Å². The molecule has 5 heteroatoms. The molecule has 0 fully saturated rings. The number of benzene rings is 2. The molecule has 0 unspecified atom stereocenters. The van der Waals surface area contributed by atoms with Gasteiger partial charge in [-0.25, -0.2) is 4.98 Å². The Morgan fingerprint density at radius 2 is 1.95 bits per heavy atom. The van der Waals surface area contributed by atoms with Crippen molar-refractivity contribution in [3.63, 3.8) is 0 Å². The van der Waals surface area contributed by atoms with Gasteiger partial charge in [0.25, 0.3) is 5.91 Å². The van der Waals surface area contributed by atoms with Crippen LogP contribution in [-0.4, -0.2) is 21.0 Å². The number of aromatic nitrogens is 2. The van der Waals surface area contributed by atoms with Crippen LogP contribution in [0.1, 0.15) is 10.4 Å². The maximum atomic E-state index is 12.1. The van der Waals surface area contributed by atoms with Gasteiger partial charge in [-0.15, -0.1) is 0 Å². The number of nitrogens with one attached hydrogen (secondary N) is 2. The minimum Gasteiger partial charge on any atom is -0.508 e. The predicted molar refractivity (Wildman–Crippen MR) is 80.1 cm³/mol. The SMILES string of the molecule is O=C(Nc1cccc(-c2ncc[nH]2)c1)c1ccc(O)cc1. The molecule has 0 aliphatic rings. The highest BCUT2D eigenvalue weighted by Crippen LogP contribution is 2.20. The molecule has 1 aromatic heterocycles. The zero-order valence-corrected chi connectivity index (χ0v) is 11.1. The number of hydrogen-bond acceptors (Lipinski definition) is 3. The molecule has 0 spiro atoms. The number of anilines is 1. The molecule has 0 saturated heterocycles. The van der Waals surface area contributed by atoms with Gasteiger partial charge < -0.3 is 15.4 Å². The van der Waals surface area contributed by atoms with Crippen LogP contribution < -0.4 is 5.32 Å². The summed E-state index contributed by atoms with van der Waals surface area (Å²) in [7, 11) is 0. The third-order valence-electron chi connectivity index (χ3n) is 3.02. The second-order valence-electron chi connectivity index (χ2n) is 4.52. The van der Waals surface area contributed by atoms with E-state index in [0.717, 1.165) is 11.4 Å². The third kappa shape index (κ3) is 2.92. The van der Waals surface area contributed by atoms with E-state index in [1.54, 1.807) is 24.5 Å². The van der Waals surface area contributed by atoms with Gasteiger partial charge in [0.1, 0.15) is 11.6 Å². The minimum atomic E-state index is -0.230. The number of phenolic OH excluding ortho intramolecular Hbond substituents is 1. The molecule has 2 aromatic carbocycles. The smallest absolute Gasteiger partial charge is 0.255 e. The maximum Gasteiger partial charge on any atom is 0.255 e. The van der Waals surface area contributed by atoms with Crippen LogP contribution in [0.25, 0.3) is 11.4 Å². The standard InChI is InChI=1S/C16H13N3O2/c20-14-6-4-11(5-7-14)16(21)19-13-3-1-2-12(10-13)15-17-8-9-18-15/h1-10,20H,(H,17,18)(H,19,21). The van der Waals surface area contributed by atoms with E-state index in [2.05, 4.69) is 15.3 Å². The number of rotatable bonds is 3. The van der Waals surface area contributed by atoms with Gasteiger partial charge in [-0.2, -0.15) is 0 Å². The van der Waals surface area contributed by atoms with Gasteiger partial charge in [-0.3, -0.25) is 4.79 Å². The summed E-state index contributed by atoms with van der Waals surface area (Å²) >= 11 is 0. The Hall–Kier alpha value is -3.08. The molecule has 0 aliphatic carbocycles. The van der Waals surface area contributed by atoms with Crippen LogP contribution in [0.4, 0.5) is 5.69 Å². The van der Waals surface area contributed by atoms with Crippen LogP contribution in [0.2, 0.25) is 0 Å². The Bertz CT molecular complexity index is 749. The Labute approximate surface area is 121 Å². The minimum absolute atomic E-state index is 0.131. The first-order valence-corrected chi connectivity index (χ1v) is 6.42. The van der Waals surface area contributed by atoms with E-state index >= 15 is 0 Å². The number of carbonyl (C=O) groups is 1. The molecule has 0 saturated carbocycles. The molecule has 0 atom stereocenters. The monoisotopic (exact) mass is 279 g/mol. The van der Waals surface area contributed by atoms with Crippen LogP contribution in [0.15, 0.2) is 60.9 Å². The summed E-state index contributed by atoms with van der Waals surface area (Å²) < 4.78 is 0. The summed E-state index contributed by atoms with van der Waals surface area (Å²) in [5, 5.41) is 12.0. The van der Waals surface area contributed by atoms with Gasteiger partial charge in [-0.1, -0.05) is 12.1 Å². The van der Waals surface area contributed by atoms with Crippen molar-refractivity contribution >= 4 is 11.6 Å². The lowest BCUT2D eigenvalue weighted by Gasteiger charge is -2.06. The van der Waals surface area contributed by atoms with Gasteiger partial charge >= 0.3 is 0 Å². The topological polar surface area (TPSA) is 78.0 Å². The molecule has 1 amide bonds. The molecule has 3 N–H and O–H groups in total. The lowest BCUT2D eigenvalue weighted by atomic mass is 10.1. The quantitative estimate of drug-likeness (QED) is 0.689. The van der Waals surface area contributed by atoms with Crippen molar-refractivity contribution in [1.29, 1.82) is 0 Å². The van der Waals surface area contributed by atoms with E-state index in [1.807, 2.05) is 24.3 Å². The third-order valence-corrected chi connectivity index (χ3v) is 3.02. The lowest BCUT2D eigenvalue weighted by Crippen LogP contribution is -2.11. The molecule has 1 heterocycles. The van der Waals surface area contributed by atoms with Crippen molar-refractivity contribution in [3.05, 3.63) is 66.5 Å². The van der Waals surface area contributed by atoms with Gasteiger partial charge in [-0.05, 0) is 36.4 Å². The zero-order valence-electron chi connectivity index (χ0n) is 11.1. The maximum absolute atomic E-state index is 12.1. The van der Waals surface area contributed by atoms with E-state index in [4.69, 9.17) is 0 Å². The second kappa shape index (κ2) is 5.50. The van der Waals surface area contributed by atoms with Crippen LogP contribution in [-0.2, 0) is 0 Å². The first-order valence-electron chi connectivity index (χ1n) is 6.42. The number of aromatic hydroxyl groups is 1. The van der Waals surface area contributed by atoms with Crippen molar-refractivity contribution in [2.75, 3.05) is 5.32 Å². The highest BCUT2D eigenvalue weighted by molar-refractivity contribution is 6.04. The van der Waals surface area contributed by atoms with Crippen molar-refractivity contribution in [2.24, 2.45) is 0 Å². The van der Waals surface area contributed by atoms with Gasteiger partial charge in [0, 0.05) is 29.2 Å². The Kier molecular flexibility index (Phi) is 3.39. The molecule has 0 bridgehead atoms. The largest absolute Gasteiger partial charge is 0.508 e. The van der Waals surface area contributed by atoms with Crippen LogP contribution in [0.3, 0.4) is 0 Å². The summed E-state index contributed by atoms with van der Waals surface area (Å²) in [6, 6.07) is 13.5. The van der Waals surface area contributed by atoms with Crippen LogP contribution in [0, 0.1) is 0 Å². The molecule has 104 valence electrons. The van der Waals surface area contributed by atoms with Gasteiger partial charge in [0.05, 0.1) is 0 Å². The van der Waals surface area contributed by atoms with Crippen molar-refractivity contribution < 1.29 is 9.90 Å². The van der Waals surface area contributed by atoms with Crippen molar-refractivity contribution in [1.82, 2.24) is 9.97 Å². The number of carbonyl (C=O) groups excluding carboxylic acids is 1. The highest BCUT2D eigenvalue weighted by atomic mass is 16.3. The Morgan fingerprint density at radius 1 is 1.14 bits per heavy atom.